The Morgan fingerprint density at radius 3 is 2.53 bits per heavy atom. The van der Waals surface area contributed by atoms with Crippen molar-refractivity contribution in [3.8, 4) is 11.5 Å². The molecule has 6 heteroatoms. The summed E-state index contributed by atoms with van der Waals surface area (Å²) in [6.45, 7) is 0. The lowest BCUT2D eigenvalue weighted by molar-refractivity contribution is -0.139. The number of hydrogen-bond acceptors (Lipinski definition) is 4. The first-order valence-corrected chi connectivity index (χ1v) is 4.80. The van der Waals surface area contributed by atoms with E-state index >= 15 is 0 Å². The van der Waals surface area contributed by atoms with E-state index in [1.54, 1.807) is 18.2 Å². The SMILES string of the molecule is COc1ccc(OC)c(NC(=O)CC(=O)O)c1. The maximum absolute atomic E-state index is 11.3. The molecule has 92 valence electrons. The van der Waals surface area contributed by atoms with Crippen LogP contribution in [-0.2, 0) is 9.59 Å². The maximum atomic E-state index is 11.3. The molecule has 0 aliphatic carbocycles. The molecule has 0 aliphatic rings. The van der Waals surface area contributed by atoms with Gasteiger partial charge in [-0.05, 0) is 12.1 Å². The fourth-order valence-corrected chi connectivity index (χ4v) is 1.24. The predicted molar refractivity (Wildman–Crippen MR) is 60.4 cm³/mol. The summed E-state index contributed by atoms with van der Waals surface area (Å²) in [5.41, 5.74) is 0.373. The van der Waals surface area contributed by atoms with Crippen molar-refractivity contribution in [2.24, 2.45) is 0 Å². The number of ether oxygens (including phenoxy) is 2. The van der Waals surface area contributed by atoms with Crippen LogP contribution in [0.5, 0.6) is 11.5 Å². The molecule has 1 rings (SSSR count). The highest BCUT2D eigenvalue weighted by Crippen LogP contribution is 2.28. The summed E-state index contributed by atoms with van der Waals surface area (Å²) in [6.07, 6.45) is -0.597. The molecule has 0 radical (unpaired) electrons. The highest BCUT2D eigenvalue weighted by atomic mass is 16.5. The third-order valence-corrected chi connectivity index (χ3v) is 1.99. The molecular weight excluding hydrogens is 226 g/mol. The first-order chi connectivity index (χ1) is 8.06. The molecule has 1 amide bonds. The molecule has 17 heavy (non-hydrogen) atoms. The molecule has 0 aromatic heterocycles. The minimum Gasteiger partial charge on any atom is -0.497 e. The summed E-state index contributed by atoms with van der Waals surface area (Å²) in [5.74, 6) is -0.839. The van der Waals surface area contributed by atoms with Gasteiger partial charge >= 0.3 is 5.97 Å². The lowest BCUT2D eigenvalue weighted by Crippen LogP contribution is -2.16. The van der Waals surface area contributed by atoms with E-state index in [4.69, 9.17) is 14.6 Å². The van der Waals surface area contributed by atoms with Crippen LogP contribution in [0.1, 0.15) is 6.42 Å². The van der Waals surface area contributed by atoms with Gasteiger partial charge in [-0.2, -0.15) is 0 Å². The number of carbonyl (C=O) groups is 2. The van der Waals surface area contributed by atoms with Crippen molar-refractivity contribution >= 4 is 17.6 Å². The van der Waals surface area contributed by atoms with Crippen molar-refractivity contribution in [2.75, 3.05) is 19.5 Å². The quantitative estimate of drug-likeness (QED) is 0.752. The minimum absolute atomic E-state index is 0.373. The maximum Gasteiger partial charge on any atom is 0.312 e. The average molecular weight is 239 g/mol. The molecule has 2 N–H and O–H groups in total. The Bertz CT molecular complexity index is 430. The summed E-state index contributed by atoms with van der Waals surface area (Å²) in [7, 11) is 2.94. The number of nitrogens with one attached hydrogen (secondary N) is 1. The molecule has 0 bridgehead atoms. The number of aliphatic carboxylic acids is 1. The van der Waals surface area contributed by atoms with Crippen LogP contribution in [0.3, 0.4) is 0 Å². The van der Waals surface area contributed by atoms with Gasteiger partial charge in [-0.3, -0.25) is 9.59 Å². The van der Waals surface area contributed by atoms with Crippen LogP contribution in [0.25, 0.3) is 0 Å². The summed E-state index contributed by atoms with van der Waals surface area (Å²) in [6, 6.07) is 4.85. The molecule has 0 saturated carbocycles. The van der Waals surface area contributed by atoms with Crippen molar-refractivity contribution in [3.63, 3.8) is 0 Å². The molecule has 0 heterocycles. The predicted octanol–water partition coefficient (Wildman–Crippen LogP) is 1.12. The first kappa shape index (κ1) is 12.8. The number of carboxylic acids is 1. The van der Waals surface area contributed by atoms with E-state index in [1.807, 2.05) is 0 Å². The van der Waals surface area contributed by atoms with Gasteiger partial charge in [0, 0.05) is 6.07 Å². The molecule has 0 unspecified atom stereocenters. The fraction of sp³-hybridized carbons (Fsp3) is 0.273. The molecule has 6 nitrogen and oxygen atoms in total. The largest absolute Gasteiger partial charge is 0.497 e. The smallest absolute Gasteiger partial charge is 0.312 e. The Morgan fingerprint density at radius 1 is 1.29 bits per heavy atom. The zero-order valence-corrected chi connectivity index (χ0v) is 9.52. The van der Waals surface area contributed by atoms with Crippen molar-refractivity contribution in [1.29, 1.82) is 0 Å². The summed E-state index contributed by atoms with van der Waals surface area (Å²) in [5, 5.41) is 10.9. The molecule has 1 aromatic rings. The number of carboxylic acid groups (broad SMARTS) is 1. The van der Waals surface area contributed by atoms with Crippen LogP contribution >= 0.6 is 0 Å². The molecule has 0 spiro atoms. The Balaban J connectivity index is 2.87. The number of anilines is 1. The number of hydrogen-bond donors (Lipinski definition) is 2. The lowest BCUT2D eigenvalue weighted by atomic mass is 10.2. The second-order valence-corrected chi connectivity index (χ2v) is 3.18. The Hall–Kier alpha value is -2.24. The van der Waals surface area contributed by atoms with Gasteiger partial charge in [0.15, 0.2) is 0 Å². The fourth-order valence-electron chi connectivity index (χ4n) is 1.24. The van der Waals surface area contributed by atoms with E-state index in [9.17, 15) is 9.59 Å². The molecule has 0 atom stereocenters. The number of amides is 1. The van der Waals surface area contributed by atoms with E-state index in [0.29, 0.717) is 17.2 Å². The number of benzene rings is 1. The molecule has 0 aliphatic heterocycles. The van der Waals surface area contributed by atoms with E-state index in [0.717, 1.165) is 0 Å². The zero-order chi connectivity index (χ0) is 12.8. The molecule has 0 saturated heterocycles. The zero-order valence-electron chi connectivity index (χ0n) is 9.52. The van der Waals surface area contributed by atoms with E-state index in [2.05, 4.69) is 5.32 Å². The van der Waals surface area contributed by atoms with Gasteiger partial charge in [0.25, 0.3) is 0 Å². The van der Waals surface area contributed by atoms with Crippen molar-refractivity contribution in [1.82, 2.24) is 0 Å². The number of rotatable bonds is 5. The van der Waals surface area contributed by atoms with Crippen molar-refractivity contribution < 1.29 is 24.2 Å². The normalized spacial score (nSPS) is 9.53. The van der Waals surface area contributed by atoms with E-state index in [1.165, 1.54) is 14.2 Å². The van der Waals surface area contributed by atoms with Crippen LogP contribution in [0, 0.1) is 0 Å². The molecular formula is C11H13NO5. The van der Waals surface area contributed by atoms with Gasteiger partial charge in [-0.25, -0.2) is 0 Å². The highest BCUT2D eigenvalue weighted by molar-refractivity contribution is 6.02. The van der Waals surface area contributed by atoms with Gasteiger partial charge in [0.1, 0.15) is 17.9 Å². The topological polar surface area (TPSA) is 84.9 Å². The van der Waals surface area contributed by atoms with Crippen molar-refractivity contribution in [3.05, 3.63) is 18.2 Å². The second-order valence-electron chi connectivity index (χ2n) is 3.18. The molecule has 0 fully saturated rings. The van der Waals surface area contributed by atoms with Crippen LogP contribution < -0.4 is 14.8 Å². The number of methoxy groups -OCH3 is 2. The minimum atomic E-state index is -1.19. The first-order valence-electron chi connectivity index (χ1n) is 4.80. The number of carbonyl (C=O) groups excluding carboxylic acids is 1. The van der Waals surface area contributed by atoms with Gasteiger partial charge < -0.3 is 19.9 Å². The van der Waals surface area contributed by atoms with Gasteiger partial charge in [-0.1, -0.05) is 0 Å². The van der Waals surface area contributed by atoms with Gasteiger partial charge in [0.2, 0.25) is 5.91 Å². The van der Waals surface area contributed by atoms with E-state index < -0.39 is 18.3 Å². The van der Waals surface area contributed by atoms with Crippen LogP contribution in [0.2, 0.25) is 0 Å². The lowest BCUT2D eigenvalue weighted by Gasteiger charge is -2.10. The monoisotopic (exact) mass is 239 g/mol. The third kappa shape index (κ3) is 3.67. The summed E-state index contributed by atoms with van der Waals surface area (Å²) >= 11 is 0. The Kier molecular flexibility index (Phi) is 4.33. The highest BCUT2D eigenvalue weighted by Gasteiger charge is 2.11. The van der Waals surface area contributed by atoms with Crippen molar-refractivity contribution in [2.45, 2.75) is 6.42 Å². The Labute approximate surface area is 98.2 Å². The van der Waals surface area contributed by atoms with Gasteiger partial charge in [-0.15, -0.1) is 0 Å². The molecule has 1 aromatic carbocycles. The third-order valence-electron chi connectivity index (χ3n) is 1.99. The van der Waals surface area contributed by atoms with Crippen LogP contribution in [-0.4, -0.2) is 31.2 Å². The van der Waals surface area contributed by atoms with E-state index in [-0.39, 0.29) is 0 Å². The average Bonchev–Trinajstić information content (AvgIpc) is 2.27. The standard InChI is InChI=1S/C11H13NO5/c1-16-7-3-4-9(17-2)8(5-7)12-10(13)6-11(14)15/h3-5H,6H2,1-2H3,(H,12,13)(H,14,15). The summed E-state index contributed by atoms with van der Waals surface area (Å²) < 4.78 is 10.0. The summed E-state index contributed by atoms with van der Waals surface area (Å²) in [4.78, 5) is 21.7. The van der Waals surface area contributed by atoms with Gasteiger partial charge in [0.05, 0.1) is 19.9 Å². The van der Waals surface area contributed by atoms with Crippen LogP contribution in [0.15, 0.2) is 18.2 Å². The van der Waals surface area contributed by atoms with Crippen LogP contribution in [0.4, 0.5) is 5.69 Å². The Morgan fingerprint density at radius 2 is 2.00 bits per heavy atom. The second kappa shape index (κ2) is 5.74.